The average molecular weight is 342 g/mol. The summed E-state index contributed by atoms with van der Waals surface area (Å²) in [6, 6.07) is 4.41. The summed E-state index contributed by atoms with van der Waals surface area (Å²) >= 11 is 3.12. The lowest BCUT2D eigenvalue weighted by atomic mass is 9.91. The van der Waals surface area contributed by atoms with E-state index in [0.717, 1.165) is 0 Å². The molecule has 0 bridgehead atoms. The van der Waals surface area contributed by atoms with Crippen LogP contribution < -0.4 is 0 Å². The molecule has 0 aliphatic rings. The smallest absolute Gasteiger partial charge is 0.373 e. The van der Waals surface area contributed by atoms with Gasteiger partial charge in [-0.2, -0.15) is 0 Å². The highest BCUT2D eigenvalue weighted by atomic mass is 79.9. The molecule has 0 aliphatic heterocycles. The molecule has 1 aromatic carbocycles. The lowest BCUT2D eigenvalue weighted by Crippen LogP contribution is -2.16. The summed E-state index contributed by atoms with van der Waals surface area (Å²) in [5, 5.41) is 9.19. The van der Waals surface area contributed by atoms with Crippen molar-refractivity contribution >= 4 is 21.9 Å². The van der Waals surface area contributed by atoms with Crippen LogP contribution in [0.5, 0.6) is 0 Å². The molecular formula is C14H13BrFNO3. The molecule has 0 saturated heterocycles. The van der Waals surface area contributed by atoms with Crippen molar-refractivity contribution in [2.75, 3.05) is 0 Å². The van der Waals surface area contributed by atoms with Crippen LogP contribution in [0.3, 0.4) is 0 Å². The standard InChI is InChI=1S/C14H13BrFNO3/c1-14(2,3)11-10(13(18)19)20-12(17-11)7-5-4-6-8(16)9(7)15/h4-6H,1-3H3,(H,18,19). The van der Waals surface area contributed by atoms with E-state index in [1.165, 1.54) is 12.1 Å². The Morgan fingerprint density at radius 2 is 2.05 bits per heavy atom. The molecule has 20 heavy (non-hydrogen) atoms. The topological polar surface area (TPSA) is 63.3 Å². The van der Waals surface area contributed by atoms with Crippen LogP contribution in [0.1, 0.15) is 37.0 Å². The molecule has 1 aromatic heterocycles. The van der Waals surface area contributed by atoms with Gasteiger partial charge in [-0.15, -0.1) is 0 Å². The fourth-order valence-corrected chi connectivity index (χ4v) is 2.19. The third-order valence-electron chi connectivity index (χ3n) is 2.71. The van der Waals surface area contributed by atoms with E-state index >= 15 is 0 Å². The number of carbonyl (C=O) groups is 1. The Kier molecular flexibility index (Phi) is 3.69. The van der Waals surface area contributed by atoms with Crippen molar-refractivity contribution in [3.63, 3.8) is 0 Å². The lowest BCUT2D eigenvalue weighted by molar-refractivity contribution is 0.0659. The van der Waals surface area contributed by atoms with Crippen LogP contribution in [-0.4, -0.2) is 16.1 Å². The Morgan fingerprint density at radius 3 is 2.55 bits per heavy atom. The molecule has 1 heterocycles. The fraction of sp³-hybridized carbons (Fsp3) is 0.286. The summed E-state index contributed by atoms with van der Waals surface area (Å²) in [5.74, 6) is -1.79. The molecule has 0 aliphatic carbocycles. The number of rotatable bonds is 2. The third-order valence-corrected chi connectivity index (χ3v) is 3.52. The van der Waals surface area contributed by atoms with Gasteiger partial charge in [-0.25, -0.2) is 14.2 Å². The van der Waals surface area contributed by atoms with Crippen molar-refractivity contribution in [1.29, 1.82) is 0 Å². The molecule has 0 atom stereocenters. The van der Waals surface area contributed by atoms with Crippen molar-refractivity contribution < 1.29 is 18.7 Å². The Morgan fingerprint density at radius 1 is 1.40 bits per heavy atom. The first-order valence-electron chi connectivity index (χ1n) is 5.91. The van der Waals surface area contributed by atoms with Gasteiger partial charge in [-0.3, -0.25) is 0 Å². The molecule has 0 fully saturated rings. The van der Waals surface area contributed by atoms with Crippen LogP contribution in [-0.2, 0) is 5.41 Å². The second-order valence-corrected chi connectivity index (χ2v) is 6.15. The van der Waals surface area contributed by atoms with Crippen molar-refractivity contribution in [3.05, 3.63) is 39.9 Å². The molecule has 6 heteroatoms. The number of hydrogen-bond donors (Lipinski definition) is 1. The normalized spacial score (nSPS) is 11.7. The van der Waals surface area contributed by atoms with E-state index in [0.29, 0.717) is 11.3 Å². The summed E-state index contributed by atoms with van der Waals surface area (Å²) in [7, 11) is 0. The number of aromatic nitrogens is 1. The second kappa shape index (κ2) is 5.01. The maximum Gasteiger partial charge on any atom is 0.373 e. The zero-order chi connectivity index (χ0) is 15.1. The van der Waals surface area contributed by atoms with Gasteiger partial charge in [0, 0.05) is 5.41 Å². The van der Waals surface area contributed by atoms with Crippen LogP contribution in [0.25, 0.3) is 11.5 Å². The molecular weight excluding hydrogens is 329 g/mol. The summed E-state index contributed by atoms with van der Waals surface area (Å²) in [4.78, 5) is 15.5. The highest BCUT2D eigenvalue weighted by Gasteiger charge is 2.29. The first kappa shape index (κ1) is 14.7. The van der Waals surface area contributed by atoms with Crippen molar-refractivity contribution in [2.24, 2.45) is 0 Å². The fourth-order valence-electron chi connectivity index (χ4n) is 1.76. The highest BCUT2D eigenvalue weighted by Crippen LogP contribution is 2.34. The molecule has 0 radical (unpaired) electrons. The summed E-state index contributed by atoms with van der Waals surface area (Å²) in [6.45, 7) is 5.51. The van der Waals surface area contributed by atoms with Crippen LogP contribution in [0, 0.1) is 5.82 Å². The maximum atomic E-state index is 13.5. The third kappa shape index (κ3) is 2.60. The van der Waals surface area contributed by atoms with E-state index < -0.39 is 17.2 Å². The summed E-state index contributed by atoms with van der Waals surface area (Å²) in [6.07, 6.45) is 0. The summed E-state index contributed by atoms with van der Waals surface area (Å²) in [5.41, 5.74) is 0.217. The van der Waals surface area contributed by atoms with Crippen molar-refractivity contribution in [1.82, 2.24) is 4.98 Å². The van der Waals surface area contributed by atoms with Crippen molar-refractivity contribution in [2.45, 2.75) is 26.2 Å². The highest BCUT2D eigenvalue weighted by molar-refractivity contribution is 9.10. The number of carboxylic acid groups (broad SMARTS) is 1. The number of benzene rings is 1. The van der Waals surface area contributed by atoms with Gasteiger partial charge in [0.05, 0.1) is 10.0 Å². The van der Waals surface area contributed by atoms with Gasteiger partial charge in [0.1, 0.15) is 11.5 Å². The van der Waals surface area contributed by atoms with Crippen LogP contribution in [0.2, 0.25) is 0 Å². The SMILES string of the molecule is CC(C)(C)c1nc(-c2cccc(F)c2Br)oc1C(=O)O. The van der Waals surface area contributed by atoms with Crippen LogP contribution in [0.15, 0.2) is 27.1 Å². The molecule has 0 unspecified atom stereocenters. The molecule has 106 valence electrons. The molecule has 2 aromatic rings. The van der Waals surface area contributed by atoms with Crippen LogP contribution in [0.4, 0.5) is 4.39 Å². The predicted octanol–water partition coefficient (Wildman–Crippen LogP) is 4.24. The number of oxazole rings is 1. The Hall–Kier alpha value is -1.69. The Labute approximate surface area is 123 Å². The average Bonchev–Trinajstić information content (AvgIpc) is 2.77. The largest absolute Gasteiger partial charge is 0.475 e. The molecule has 1 N–H and O–H groups in total. The molecule has 2 rings (SSSR count). The maximum absolute atomic E-state index is 13.5. The predicted molar refractivity (Wildman–Crippen MR) is 75.3 cm³/mol. The Bertz CT molecular complexity index is 674. The minimum atomic E-state index is -1.19. The molecule has 4 nitrogen and oxygen atoms in total. The first-order valence-corrected chi connectivity index (χ1v) is 6.70. The minimum Gasteiger partial charge on any atom is -0.475 e. The van der Waals surface area contributed by atoms with E-state index in [1.807, 2.05) is 20.8 Å². The monoisotopic (exact) mass is 341 g/mol. The molecule has 0 spiro atoms. The zero-order valence-corrected chi connectivity index (χ0v) is 12.8. The Balaban J connectivity index is 2.65. The van der Waals surface area contributed by atoms with Gasteiger partial charge in [-0.05, 0) is 28.1 Å². The first-order chi connectivity index (χ1) is 9.21. The minimum absolute atomic E-state index is 0.0821. The van der Waals surface area contributed by atoms with Gasteiger partial charge >= 0.3 is 5.97 Å². The van der Waals surface area contributed by atoms with Gasteiger partial charge in [-0.1, -0.05) is 26.8 Å². The molecule has 0 saturated carbocycles. The van der Waals surface area contributed by atoms with Gasteiger partial charge < -0.3 is 9.52 Å². The number of hydrogen-bond acceptors (Lipinski definition) is 3. The van der Waals surface area contributed by atoms with E-state index in [2.05, 4.69) is 20.9 Å². The van der Waals surface area contributed by atoms with E-state index in [-0.39, 0.29) is 16.1 Å². The summed E-state index contributed by atoms with van der Waals surface area (Å²) < 4.78 is 19.0. The molecule has 0 amide bonds. The second-order valence-electron chi connectivity index (χ2n) is 5.35. The van der Waals surface area contributed by atoms with Gasteiger partial charge in [0.15, 0.2) is 0 Å². The number of carboxylic acids is 1. The van der Waals surface area contributed by atoms with E-state index in [9.17, 15) is 14.3 Å². The number of nitrogens with zero attached hydrogens (tertiary/aromatic N) is 1. The van der Waals surface area contributed by atoms with Crippen LogP contribution >= 0.6 is 15.9 Å². The van der Waals surface area contributed by atoms with E-state index in [4.69, 9.17) is 4.42 Å². The zero-order valence-electron chi connectivity index (χ0n) is 11.2. The lowest BCUT2D eigenvalue weighted by Gasteiger charge is -2.14. The number of aromatic carboxylic acids is 1. The number of halogens is 2. The van der Waals surface area contributed by atoms with Gasteiger partial charge in [0.2, 0.25) is 11.7 Å². The quantitative estimate of drug-likeness (QED) is 0.887. The van der Waals surface area contributed by atoms with E-state index in [1.54, 1.807) is 6.07 Å². The van der Waals surface area contributed by atoms with Gasteiger partial charge in [0.25, 0.3) is 0 Å². The van der Waals surface area contributed by atoms with Crippen molar-refractivity contribution in [3.8, 4) is 11.5 Å².